The molecule has 20 heavy (non-hydrogen) atoms. The monoisotopic (exact) mass is 263 g/mol. The average molecular weight is 263 g/mol. The van der Waals surface area contributed by atoms with Crippen molar-refractivity contribution < 1.29 is 4.57 Å². The second-order valence-corrected chi connectivity index (χ2v) is 5.20. The van der Waals surface area contributed by atoms with Gasteiger partial charge in [-0.25, -0.2) is 0 Å². The Morgan fingerprint density at radius 2 is 1.80 bits per heavy atom. The van der Waals surface area contributed by atoms with Crippen molar-refractivity contribution in [3.63, 3.8) is 0 Å². The molecule has 0 atom stereocenters. The molecule has 0 fully saturated rings. The van der Waals surface area contributed by atoms with E-state index in [9.17, 15) is 0 Å². The lowest BCUT2D eigenvalue weighted by Crippen LogP contribution is -2.34. The molecule has 2 heterocycles. The Hall–Kier alpha value is -2.35. The Kier molecular flexibility index (Phi) is 3.15. The smallest absolute Gasteiger partial charge is 0.205 e. The van der Waals surface area contributed by atoms with Gasteiger partial charge in [0.05, 0.1) is 0 Å². The molecule has 1 aromatic carbocycles. The number of hydrogen-bond donors (Lipinski definition) is 0. The lowest BCUT2D eigenvalue weighted by Gasteiger charge is -1.97. The van der Waals surface area contributed by atoms with Crippen LogP contribution in [0.15, 0.2) is 48.7 Å². The third kappa shape index (κ3) is 2.14. The fraction of sp³-hybridized carbons (Fsp3) is 0.167. The number of aryl methyl sites for hydroxylation is 2. The molecular weight excluding hydrogens is 244 g/mol. The summed E-state index contributed by atoms with van der Waals surface area (Å²) in [7, 11) is 4.18. The summed E-state index contributed by atoms with van der Waals surface area (Å²) in [6, 6.07) is 14.8. The Balaban J connectivity index is 2.05. The Bertz CT molecular complexity index is 794. The summed E-state index contributed by atoms with van der Waals surface area (Å²) in [5.74, 6) is 0. The Morgan fingerprint density at radius 3 is 2.65 bits per heavy atom. The van der Waals surface area contributed by atoms with E-state index in [0.717, 1.165) is 0 Å². The standard InChI is InChI=1S/C18H19N2/c1-14-7-6-8-16(20(14)3)12-11-15-13-19(2)18-10-5-4-9-17(15)18/h4-13H,1-3H3/q+1. The number of hydrogen-bond acceptors (Lipinski definition) is 0. The molecule has 0 unspecified atom stereocenters. The molecule has 0 saturated carbocycles. The molecule has 0 saturated heterocycles. The van der Waals surface area contributed by atoms with Crippen LogP contribution in [0.1, 0.15) is 17.0 Å². The highest BCUT2D eigenvalue weighted by Crippen LogP contribution is 2.21. The number of aromatic nitrogens is 2. The number of para-hydroxylation sites is 1. The molecule has 0 N–H and O–H groups in total. The highest BCUT2D eigenvalue weighted by Gasteiger charge is 2.06. The van der Waals surface area contributed by atoms with Crippen LogP contribution in [0.2, 0.25) is 0 Å². The maximum Gasteiger partial charge on any atom is 0.205 e. The van der Waals surface area contributed by atoms with Crippen LogP contribution in [0.4, 0.5) is 0 Å². The van der Waals surface area contributed by atoms with E-state index >= 15 is 0 Å². The minimum absolute atomic E-state index is 1.21. The first kappa shape index (κ1) is 12.7. The van der Waals surface area contributed by atoms with E-state index in [2.05, 4.69) is 91.0 Å². The number of rotatable bonds is 2. The van der Waals surface area contributed by atoms with Gasteiger partial charge < -0.3 is 4.57 Å². The molecule has 0 bridgehead atoms. The van der Waals surface area contributed by atoms with Gasteiger partial charge in [0.2, 0.25) is 5.69 Å². The van der Waals surface area contributed by atoms with Gasteiger partial charge in [-0.15, -0.1) is 0 Å². The second-order valence-electron chi connectivity index (χ2n) is 5.20. The van der Waals surface area contributed by atoms with Gasteiger partial charge >= 0.3 is 0 Å². The molecule has 0 aliphatic heterocycles. The van der Waals surface area contributed by atoms with Gasteiger partial charge in [0, 0.05) is 54.8 Å². The number of fused-ring (bicyclic) bond motifs is 1. The first-order chi connectivity index (χ1) is 9.66. The third-order valence-electron chi connectivity index (χ3n) is 3.88. The second kappa shape index (κ2) is 4.97. The minimum Gasteiger partial charge on any atom is -0.350 e. The average Bonchev–Trinajstić information content (AvgIpc) is 2.78. The van der Waals surface area contributed by atoms with Crippen molar-refractivity contribution in [1.29, 1.82) is 0 Å². The van der Waals surface area contributed by atoms with Gasteiger partial charge in [0.15, 0.2) is 5.69 Å². The lowest BCUT2D eigenvalue weighted by molar-refractivity contribution is -0.679. The van der Waals surface area contributed by atoms with Gasteiger partial charge in [-0.05, 0) is 18.2 Å². The Morgan fingerprint density at radius 1 is 1.00 bits per heavy atom. The van der Waals surface area contributed by atoms with Crippen LogP contribution < -0.4 is 4.57 Å². The summed E-state index contributed by atoms with van der Waals surface area (Å²) < 4.78 is 4.37. The third-order valence-corrected chi connectivity index (χ3v) is 3.88. The Labute approximate surface area is 119 Å². The van der Waals surface area contributed by atoms with E-state index in [1.165, 1.54) is 27.9 Å². The molecule has 3 aromatic rings. The van der Waals surface area contributed by atoms with E-state index in [-0.39, 0.29) is 0 Å². The molecule has 0 amide bonds. The fourth-order valence-corrected chi connectivity index (χ4v) is 2.56. The van der Waals surface area contributed by atoms with E-state index in [0.29, 0.717) is 0 Å². The highest BCUT2D eigenvalue weighted by molar-refractivity contribution is 5.91. The zero-order valence-corrected chi connectivity index (χ0v) is 12.2. The summed E-state index contributed by atoms with van der Waals surface area (Å²) in [5, 5.41) is 1.29. The number of pyridine rings is 1. The van der Waals surface area contributed by atoms with E-state index in [4.69, 9.17) is 0 Å². The maximum absolute atomic E-state index is 2.20. The molecule has 2 heteroatoms. The summed E-state index contributed by atoms with van der Waals surface area (Å²) >= 11 is 0. The van der Waals surface area contributed by atoms with Crippen LogP contribution in [0.3, 0.4) is 0 Å². The molecular formula is C18H19N2+. The van der Waals surface area contributed by atoms with Gasteiger partial charge in [-0.2, -0.15) is 4.57 Å². The van der Waals surface area contributed by atoms with Crippen LogP contribution in [0.5, 0.6) is 0 Å². The van der Waals surface area contributed by atoms with E-state index < -0.39 is 0 Å². The van der Waals surface area contributed by atoms with Crippen molar-refractivity contribution in [2.75, 3.05) is 0 Å². The summed E-state index contributed by atoms with van der Waals surface area (Å²) in [5.41, 5.74) is 4.98. The van der Waals surface area contributed by atoms with Crippen molar-refractivity contribution in [2.45, 2.75) is 6.92 Å². The molecule has 2 nitrogen and oxygen atoms in total. The van der Waals surface area contributed by atoms with Crippen molar-refractivity contribution in [3.05, 3.63) is 65.6 Å². The quantitative estimate of drug-likeness (QED) is 0.626. The van der Waals surface area contributed by atoms with Crippen LogP contribution in [-0.4, -0.2) is 4.57 Å². The van der Waals surface area contributed by atoms with Crippen LogP contribution >= 0.6 is 0 Å². The SMILES string of the molecule is Cc1cccc(/C=C/c2cn(C)c3ccccc23)[n+]1C. The zero-order valence-electron chi connectivity index (χ0n) is 12.2. The van der Waals surface area contributed by atoms with Gasteiger partial charge in [-0.3, -0.25) is 0 Å². The normalized spacial score (nSPS) is 11.6. The zero-order chi connectivity index (χ0) is 14.1. The molecule has 0 spiro atoms. The molecule has 0 aliphatic rings. The fourth-order valence-electron chi connectivity index (χ4n) is 2.56. The molecule has 0 radical (unpaired) electrons. The molecule has 2 aromatic heterocycles. The van der Waals surface area contributed by atoms with Gasteiger partial charge in [0.1, 0.15) is 7.05 Å². The summed E-state index contributed by atoms with van der Waals surface area (Å²) in [6.07, 6.45) is 6.54. The van der Waals surface area contributed by atoms with E-state index in [1.54, 1.807) is 0 Å². The maximum atomic E-state index is 2.20. The van der Waals surface area contributed by atoms with Gasteiger partial charge in [0.25, 0.3) is 0 Å². The van der Waals surface area contributed by atoms with Crippen LogP contribution in [0.25, 0.3) is 23.1 Å². The van der Waals surface area contributed by atoms with Crippen molar-refractivity contribution >= 4 is 23.1 Å². The summed E-state index contributed by atoms with van der Waals surface area (Å²) in [6.45, 7) is 2.12. The van der Waals surface area contributed by atoms with Gasteiger partial charge in [-0.1, -0.05) is 18.2 Å². The number of nitrogens with zero attached hydrogens (tertiary/aromatic N) is 2. The molecule has 100 valence electrons. The molecule has 0 aliphatic carbocycles. The van der Waals surface area contributed by atoms with Crippen LogP contribution in [-0.2, 0) is 14.1 Å². The first-order valence-electron chi connectivity index (χ1n) is 6.84. The predicted octanol–water partition coefficient (Wildman–Crippen LogP) is 3.48. The first-order valence-corrected chi connectivity index (χ1v) is 6.84. The topological polar surface area (TPSA) is 8.81 Å². The van der Waals surface area contributed by atoms with E-state index in [1.807, 2.05) is 0 Å². The largest absolute Gasteiger partial charge is 0.350 e. The van der Waals surface area contributed by atoms with Crippen LogP contribution in [0, 0.1) is 6.92 Å². The minimum atomic E-state index is 1.21. The van der Waals surface area contributed by atoms with Crippen molar-refractivity contribution in [2.24, 2.45) is 14.1 Å². The predicted molar refractivity (Wildman–Crippen MR) is 84.2 cm³/mol. The molecule has 3 rings (SSSR count). The highest BCUT2D eigenvalue weighted by atomic mass is 14.9. The lowest BCUT2D eigenvalue weighted by atomic mass is 10.1. The van der Waals surface area contributed by atoms with Crippen molar-refractivity contribution in [1.82, 2.24) is 4.57 Å². The van der Waals surface area contributed by atoms with Crippen molar-refractivity contribution in [3.8, 4) is 0 Å². The number of benzene rings is 1. The summed E-state index contributed by atoms with van der Waals surface area (Å²) in [4.78, 5) is 0.